The second kappa shape index (κ2) is 5.98. The van der Waals surface area contributed by atoms with Crippen LogP contribution in [-0.4, -0.2) is 29.6 Å². The summed E-state index contributed by atoms with van der Waals surface area (Å²) >= 11 is 5.65. The van der Waals surface area contributed by atoms with Crippen molar-refractivity contribution in [2.75, 3.05) is 13.6 Å². The second-order valence-electron chi connectivity index (χ2n) is 4.17. The average Bonchev–Trinajstić information content (AvgIpc) is 2.22. The zero-order valence-electron chi connectivity index (χ0n) is 9.78. The summed E-state index contributed by atoms with van der Waals surface area (Å²) in [4.78, 5) is 12.4. The summed E-state index contributed by atoms with van der Waals surface area (Å²) in [5.41, 5.74) is 0.509. The summed E-state index contributed by atoms with van der Waals surface area (Å²) in [6.07, 6.45) is 0. The molecule has 94 valence electrons. The van der Waals surface area contributed by atoms with Crippen LogP contribution >= 0.6 is 11.6 Å². The van der Waals surface area contributed by atoms with Gasteiger partial charge in [-0.3, -0.25) is 4.79 Å². The van der Waals surface area contributed by atoms with Crippen molar-refractivity contribution in [2.45, 2.75) is 13.5 Å². The van der Waals surface area contributed by atoms with Crippen LogP contribution in [0.15, 0.2) is 18.2 Å². The maximum atomic E-state index is 13.5. The Labute approximate surface area is 105 Å². The van der Waals surface area contributed by atoms with Crippen LogP contribution in [0.1, 0.15) is 12.5 Å². The fourth-order valence-corrected chi connectivity index (χ4v) is 1.71. The van der Waals surface area contributed by atoms with Crippen molar-refractivity contribution in [3.8, 4) is 0 Å². The lowest BCUT2D eigenvalue weighted by Gasteiger charge is -2.19. The highest BCUT2D eigenvalue weighted by Crippen LogP contribution is 2.16. The van der Waals surface area contributed by atoms with E-state index in [-0.39, 0.29) is 5.82 Å². The van der Waals surface area contributed by atoms with Crippen LogP contribution in [0.25, 0.3) is 0 Å². The van der Waals surface area contributed by atoms with Crippen LogP contribution in [0.3, 0.4) is 0 Å². The van der Waals surface area contributed by atoms with E-state index in [1.165, 1.54) is 6.07 Å². The first-order chi connectivity index (χ1) is 7.90. The van der Waals surface area contributed by atoms with Gasteiger partial charge >= 0.3 is 5.97 Å². The number of hydrogen-bond donors (Lipinski definition) is 1. The first-order valence-corrected chi connectivity index (χ1v) is 5.63. The molecule has 1 N–H and O–H groups in total. The Balaban J connectivity index is 2.62. The van der Waals surface area contributed by atoms with Crippen LogP contribution in [0.4, 0.5) is 4.39 Å². The Hall–Kier alpha value is -1.13. The van der Waals surface area contributed by atoms with E-state index < -0.39 is 11.9 Å². The number of aliphatic carboxylic acids is 1. The number of carbonyl (C=O) groups is 1. The van der Waals surface area contributed by atoms with E-state index in [1.807, 2.05) is 0 Å². The molecule has 5 heteroatoms. The molecule has 1 atom stereocenters. The average molecular weight is 260 g/mol. The molecule has 1 rings (SSSR count). The Morgan fingerprint density at radius 3 is 2.76 bits per heavy atom. The summed E-state index contributed by atoms with van der Waals surface area (Å²) in [5.74, 6) is -1.70. The summed E-state index contributed by atoms with van der Waals surface area (Å²) in [6.45, 7) is 2.36. The van der Waals surface area contributed by atoms with Gasteiger partial charge in [-0.05, 0) is 19.2 Å². The van der Waals surface area contributed by atoms with Crippen LogP contribution in [0.2, 0.25) is 5.02 Å². The van der Waals surface area contributed by atoms with Crippen LogP contribution in [0, 0.1) is 11.7 Å². The van der Waals surface area contributed by atoms with Gasteiger partial charge in [-0.25, -0.2) is 4.39 Å². The number of rotatable bonds is 5. The molecular weight excluding hydrogens is 245 g/mol. The number of carboxylic acid groups (broad SMARTS) is 1. The molecule has 0 aliphatic heterocycles. The zero-order chi connectivity index (χ0) is 13.0. The monoisotopic (exact) mass is 259 g/mol. The molecule has 0 spiro atoms. The maximum Gasteiger partial charge on any atom is 0.307 e. The predicted molar refractivity (Wildman–Crippen MR) is 64.5 cm³/mol. The second-order valence-corrected chi connectivity index (χ2v) is 4.61. The van der Waals surface area contributed by atoms with Gasteiger partial charge in [-0.1, -0.05) is 24.6 Å². The van der Waals surface area contributed by atoms with Crippen LogP contribution in [0.5, 0.6) is 0 Å². The molecule has 0 radical (unpaired) electrons. The highest BCUT2D eigenvalue weighted by atomic mass is 35.5. The SMILES string of the molecule is CC(CN(C)Cc1ccc(Cl)cc1F)C(=O)O. The van der Waals surface area contributed by atoms with E-state index in [0.29, 0.717) is 23.7 Å². The molecule has 0 bridgehead atoms. The first-order valence-electron chi connectivity index (χ1n) is 5.25. The molecule has 0 aliphatic rings. The van der Waals surface area contributed by atoms with Crippen molar-refractivity contribution in [1.82, 2.24) is 4.90 Å². The van der Waals surface area contributed by atoms with E-state index in [4.69, 9.17) is 16.7 Å². The molecule has 1 aromatic carbocycles. The summed E-state index contributed by atoms with van der Waals surface area (Å²) < 4.78 is 13.5. The van der Waals surface area contributed by atoms with Gasteiger partial charge in [-0.2, -0.15) is 0 Å². The smallest absolute Gasteiger partial charge is 0.307 e. The normalized spacial score (nSPS) is 12.8. The molecule has 0 amide bonds. The standard InChI is InChI=1S/C12H15ClFNO2/c1-8(12(16)17)6-15(2)7-9-3-4-10(13)5-11(9)14/h3-5,8H,6-7H2,1-2H3,(H,16,17). The number of halogens is 2. The Morgan fingerprint density at radius 2 is 2.24 bits per heavy atom. The van der Waals surface area contributed by atoms with Gasteiger partial charge in [0.15, 0.2) is 0 Å². The molecule has 0 fully saturated rings. The van der Waals surface area contributed by atoms with E-state index >= 15 is 0 Å². The van der Waals surface area contributed by atoms with Crippen molar-refractivity contribution in [3.05, 3.63) is 34.6 Å². The van der Waals surface area contributed by atoms with Crippen LogP contribution in [-0.2, 0) is 11.3 Å². The van der Waals surface area contributed by atoms with E-state index in [9.17, 15) is 9.18 Å². The fourth-order valence-electron chi connectivity index (χ4n) is 1.55. The minimum Gasteiger partial charge on any atom is -0.481 e. The third-order valence-electron chi connectivity index (χ3n) is 2.46. The summed E-state index contributed by atoms with van der Waals surface area (Å²) in [5, 5.41) is 9.12. The van der Waals surface area contributed by atoms with Gasteiger partial charge < -0.3 is 10.0 Å². The van der Waals surface area contributed by atoms with E-state index in [2.05, 4.69) is 0 Å². The number of benzene rings is 1. The van der Waals surface area contributed by atoms with Crippen molar-refractivity contribution < 1.29 is 14.3 Å². The highest BCUT2D eigenvalue weighted by molar-refractivity contribution is 6.30. The molecule has 1 aromatic rings. The number of carboxylic acids is 1. The van der Waals surface area contributed by atoms with Gasteiger partial charge in [0, 0.05) is 23.7 Å². The molecule has 0 aliphatic carbocycles. The fraction of sp³-hybridized carbons (Fsp3) is 0.417. The summed E-state index contributed by atoms with van der Waals surface area (Å²) in [6, 6.07) is 4.49. The lowest BCUT2D eigenvalue weighted by Crippen LogP contribution is -2.28. The maximum absolute atomic E-state index is 13.5. The first kappa shape index (κ1) is 13.9. The zero-order valence-corrected chi connectivity index (χ0v) is 10.5. The lowest BCUT2D eigenvalue weighted by molar-refractivity contribution is -0.141. The lowest BCUT2D eigenvalue weighted by atomic mass is 10.1. The molecule has 17 heavy (non-hydrogen) atoms. The van der Waals surface area contributed by atoms with Gasteiger partial charge in [-0.15, -0.1) is 0 Å². The Bertz CT molecular complexity index is 411. The molecule has 3 nitrogen and oxygen atoms in total. The molecule has 0 saturated carbocycles. The highest BCUT2D eigenvalue weighted by Gasteiger charge is 2.14. The van der Waals surface area contributed by atoms with Gasteiger partial charge in [0.05, 0.1) is 5.92 Å². The molecule has 1 unspecified atom stereocenters. The molecule has 0 saturated heterocycles. The molecule has 0 aromatic heterocycles. The Morgan fingerprint density at radius 1 is 1.59 bits per heavy atom. The third kappa shape index (κ3) is 4.32. The minimum atomic E-state index is -0.853. The number of hydrogen-bond acceptors (Lipinski definition) is 2. The van der Waals surface area contributed by atoms with Crippen LogP contribution < -0.4 is 0 Å². The van der Waals surface area contributed by atoms with Crippen molar-refractivity contribution in [2.24, 2.45) is 5.92 Å². The van der Waals surface area contributed by atoms with Gasteiger partial charge in [0.2, 0.25) is 0 Å². The quantitative estimate of drug-likeness (QED) is 0.884. The third-order valence-corrected chi connectivity index (χ3v) is 2.70. The van der Waals surface area contributed by atoms with Gasteiger partial charge in [0.1, 0.15) is 5.82 Å². The molecule has 0 heterocycles. The van der Waals surface area contributed by atoms with Crippen molar-refractivity contribution in [3.63, 3.8) is 0 Å². The minimum absolute atomic E-state index is 0.354. The van der Waals surface area contributed by atoms with Crippen molar-refractivity contribution in [1.29, 1.82) is 0 Å². The number of nitrogens with zero attached hydrogens (tertiary/aromatic N) is 1. The summed E-state index contributed by atoms with van der Waals surface area (Å²) in [7, 11) is 1.76. The van der Waals surface area contributed by atoms with E-state index in [1.54, 1.807) is 31.0 Å². The predicted octanol–water partition coefficient (Wildman–Crippen LogP) is 2.63. The van der Waals surface area contributed by atoms with Gasteiger partial charge in [0.25, 0.3) is 0 Å². The molecular formula is C12H15ClFNO2. The largest absolute Gasteiger partial charge is 0.481 e. The van der Waals surface area contributed by atoms with Crippen molar-refractivity contribution >= 4 is 17.6 Å². The van der Waals surface area contributed by atoms with E-state index in [0.717, 1.165) is 0 Å². The topological polar surface area (TPSA) is 40.5 Å². The Kier molecular flexibility index (Phi) is 4.90.